The second-order valence-electron chi connectivity index (χ2n) is 6.79. The van der Waals surface area contributed by atoms with Crippen molar-refractivity contribution < 1.29 is 30.5 Å². The van der Waals surface area contributed by atoms with Gasteiger partial charge in [0, 0.05) is 29.1 Å². The largest absolute Gasteiger partial charge is 0.416 e. The number of sulfonamides is 1. The summed E-state index contributed by atoms with van der Waals surface area (Å²) in [5, 5.41) is 5.12. The Morgan fingerprint density at radius 2 is 1.79 bits per heavy atom. The smallest absolute Gasteiger partial charge is 0.364 e. The molecule has 0 saturated heterocycles. The zero-order valence-electron chi connectivity index (χ0n) is 16.9. The molecule has 4 aromatic rings. The first kappa shape index (κ1) is 22.9. The highest BCUT2D eigenvalue weighted by Crippen LogP contribution is 2.36. The van der Waals surface area contributed by atoms with Crippen LogP contribution in [-0.2, 0) is 16.2 Å². The number of thiazole rings is 1. The third-order valence-electron chi connectivity index (χ3n) is 4.74. The van der Waals surface area contributed by atoms with E-state index in [2.05, 4.69) is 10.1 Å². The summed E-state index contributed by atoms with van der Waals surface area (Å²) in [5.41, 5.74) is -0.284. The Morgan fingerprint density at radius 3 is 2.39 bits per heavy atom. The lowest BCUT2D eigenvalue weighted by molar-refractivity contribution is -0.137. The minimum atomic E-state index is -4.65. The molecule has 2 aromatic heterocycles. The summed E-state index contributed by atoms with van der Waals surface area (Å²) in [5.74, 6) is -0.894. The summed E-state index contributed by atoms with van der Waals surface area (Å²) in [6.45, 7) is 1.60. The van der Waals surface area contributed by atoms with Gasteiger partial charge in [0.05, 0.1) is 16.2 Å². The average molecular weight is 497 g/mol. The van der Waals surface area contributed by atoms with Crippen LogP contribution < -0.4 is 4.31 Å². The van der Waals surface area contributed by atoms with Crippen LogP contribution >= 0.6 is 11.3 Å². The van der Waals surface area contributed by atoms with Gasteiger partial charge in [-0.2, -0.15) is 13.2 Å². The van der Waals surface area contributed by atoms with E-state index < -0.39 is 27.6 Å². The van der Waals surface area contributed by atoms with Gasteiger partial charge in [-0.25, -0.2) is 22.1 Å². The second-order valence-corrected chi connectivity index (χ2v) is 9.49. The third-order valence-corrected chi connectivity index (χ3v) is 7.60. The van der Waals surface area contributed by atoms with E-state index in [4.69, 9.17) is 4.52 Å². The number of nitrogens with zero attached hydrogens (tertiary/aromatic N) is 3. The van der Waals surface area contributed by atoms with Crippen LogP contribution in [0.5, 0.6) is 0 Å². The summed E-state index contributed by atoms with van der Waals surface area (Å²) in [6.07, 6.45) is -3.26. The van der Waals surface area contributed by atoms with E-state index in [9.17, 15) is 26.0 Å². The fourth-order valence-corrected chi connectivity index (χ4v) is 5.63. The van der Waals surface area contributed by atoms with Gasteiger partial charge in [0.1, 0.15) is 17.8 Å². The number of aromatic nitrogens is 2. The Bertz CT molecular complexity index is 1370. The number of halogens is 4. The van der Waals surface area contributed by atoms with Crippen LogP contribution in [-0.4, -0.2) is 25.1 Å². The fourth-order valence-electron chi connectivity index (χ4n) is 3.09. The lowest BCUT2D eigenvalue weighted by Gasteiger charge is -2.20. The molecule has 0 saturated carbocycles. The minimum absolute atomic E-state index is 0.00453. The summed E-state index contributed by atoms with van der Waals surface area (Å²) in [7, 11) is -4.04. The molecule has 4 rings (SSSR count). The van der Waals surface area contributed by atoms with E-state index in [0.29, 0.717) is 29.5 Å². The maximum atomic E-state index is 14.2. The van der Waals surface area contributed by atoms with Crippen molar-refractivity contribution in [2.24, 2.45) is 0 Å². The molecular weight excluding hydrogens is 482 g/mol. The molecule has 33 heavy (non-hydrogen) atoms. The van der Waals surface area contributed by atoms with Gasteiger partial charge in [-0.1, -0.05) is 17.3 Å². The van der Waals surface area contributed by atoms with Crippen LogP contribution in [0.4, 0.5) is 22.7 Å². The van der Waals surface area contributed by atoms with Gasteiger partial charge in [-0.15, -0.1) is 11.3 Å². The molecule has 0 amide bonds. The normalized spacial score (nSPS) is 12.2. The molecule has 0 bridgehead atoms. The monoisotopic (exact) mass is 497 g/mol. The number of benzene rings is 2. The molecule has 12 heteroatoms. The molecule has 0 aliphatic rings. The number of hydrogen-bond donors (Lipinski definition) is 0. The van der Waals surface area contributed by atoms with Crippen LogP contribution in [0.2, 0.25) is 0 Å². The minimum Gasteiger partial charge on any atom is -0.364 e. The topological polar surface area (TPSA) is 76.3 Å². The van der Waals surface area contributed by atoms with Crippen molar-refractivity contribution in [2.75, 3.05) is 10.8 Å². The van der Waals surface area contributed by atoms with E-state index in [1.54, 1.807) is 25.1 Å². The predicted octanol–water partition coefficient (Wildman–Crippen LogP) is 5.84. The molecule has 0 atom stereocenters. The van der Waals surface area contributed by atoms with E-state index in [1.165, 1.54) is 23.8 Å². The van der Waals surface area contributed by atoms with Crippen LogP contribution in [0, 0.1) is 5.82 Å². The summed E-state index contributed by atoms with van der Waals surface area (Å²) < 4.78 is 85.5. The number of alkyl halides is 3. The standard InChI is InChI=1S/C21H15F4N3O3S2/c1-2-28(33(29,30)15-6-3-13(4-7-15)18-9-10-31-27-18)20-26-19(12-32-20)16-11-14(21(23,24)25)5-8-17(16)22/h3-12H,2H2,1H3. The zero-order valence-corrected chi connectivity index (χ0v) is 18.5. The Kier molecular flexibility index (Phi) is 5.97. The Labute approximate surface area is 190 Å². The molecule has 6 nitrogen and oxygen atoms in total. The van der Waals surface area contributed by atoms with Gasteiger partial charge < -0.3 is 4.52 Å². The van der Waals surface area contributed by atoms with Crippen molar-refractivity contribution >= 4 is 26.5 Å². The molecule has 2 aromatic carbocycles. The van der Waals surface area contributed by atoms with Crippen LogP contribution in [0.25, 0.3) is 22.5 Å². The molecule has 0 aliphatic carbocycles. The molecule has 0 aliphatic heterocycles. The van der Waals surface area contributed by atoms with E-state index in [1.807, 2.05) is 0 Å². The fraction of sp³-hybridized carbons (Fsp3) is 0.143. The molecule has 0 radical (unpaired) electrons. The van der Waals surface area contributed by atoms with E-state index in [-0.39, 0.29) is 27.8 Å². The van der Waals surface area contributed by atoms with Gasteiger partial charge in [0.2, 0.25) is 0 Å². The summed E-state index contributed by atoms with van der Waals surface area (Å²) in [4.78, 5) is 4.11. The van der Waals surface area contributed by atoms with Gasteiger partial charge in [-0.05, 0) is 37.3 Å². The van der Waals surface area contributed by atoms with E-state index in [0.717, 1.165) is 15.6 Å². The summed E-state index contributed by atoms with van der Waals surface area (Å²) in [6, 6.07) is 9.59. The molecular formula is C21H15F4N3O3S2. The quantitative estimate of drug-likeness (QED) is 0.313. The van der Waals surface area contributed by atoms with Crippen molar-refractivity contribution in [3.8, 4) is 22.5 Å². The van der Waals surface area contributed by atoms with Gasteiger partial charge in [0.15, 0.2) is 5.13 Å². The second kappa shape index (κ2) is 8.60. The van der Waals surface area contributed by atoms with Crippen molar-refractivity contribution in [1.29, 1.82) is 0 Å². The number of hydrogen-bond acceptors (Lipinski definition) is 6. The van der Waals surface area contributed by atoms with Gasteiger partial charge >= 0.3 is 6.18 Å². The van der Waals surface area contributed by atoms with Gasteiger partial charge in [-0.3, -0.25) is 0 Å². The van der Waals surface area contributed by atoms with Crippen LogP contribution in [0.1, 0.15) is 12.5 Å². The first-order valence-corrected chi connectivity index (χ1v) is 11.8. The van der Waals surface area contributed by atoms with E-state index >= 15 is 0 Å². The number of anilines is 1. The predicted molar refractivity (Wildman–Crippen MR) is 115 cm³/mol. The first-order chi connectivity index (χ1) is 15.6. The van der Waals surface area contributed by atoms with Gasteiger partial charge in [0.25, 0.3) is 10.0 Å². The number of rotatable bonds is 6. The average Bonchev–Trinajstić information content (AvgIpc) is 3.46. The zero-order chi connectivity index (χ0) is 23.8. The molecule has 2 heterocycles. The Balaban J connectivity index is 1.67. The highest BCUT2D eigenvalue weighted by atomic mass is 32.2. The van der Waals surface area contributed by atoms with Crippen molar-refractivity contribution in [1.82, 2.24) is 10.1 Å². The lowest BCUT2D eigenvalue weighted by atomic mass is 10.1. The maximum absolute atomic E-state index is 14.2. The molecule has 172 valence electrons. The molecule has 0 N–H and O–H groups in total. The molecule has 0 spiro atoms. The van der Waals surface area contributed by atoms with Crippen LogP contribution in [0.15, 0.2) is 69.6 Å². The highest BCUT2D eigenvalue weighted by Gasteiger charge is 2.32. The molecule has 0 fully saturated rings. The Morgan fingerprint density at radius 1 is 1.06 bits per heavy atom. The summed E-state index contributed by atoms with van der Waals surface area (Å²) >= 11 is 0.887. The van der Waals surface area contributed by atoms with Crippen molar-refractivity contribution in [3.63, 3.8) is 0 Å². The Hall–Kier alpha value is -3.25. The third kappa shape index (κ3) is 4.48. The maximum Gasteiger partial charge on any atom is 0.416 e. The van der Waals surface area contributed by atoms with Crippen LogP contribution in [0.3, 0.4) is 0 Å². The highest BCUT2D eigenvalue weighted by molar-refractivity contribution is 7.93. The SMILES string of the molecule is CCN(c1nc(-c2cc(C(F)(F)F)ccc2F)cs1)S(=O)(=O)c1ccc(-c2ccon2)cc1. The van der Waals surface area contributed by atoms with Crippen molar-refractivity contribution in [2.45, 2.75) is 18.0 Å². The first-order valence-electron chi connectivity index (χ1n) is 9.47. The van der Waals surface area contributed by atoms with Crippen molar-refractivity contribution in [3.05, 3.63) is 71.6 Å². The lowest BCUT2D eigenvalue weighted by Crippen LogP contribution is -2.30. The molecule has 0 unspecified atom stereocenters.